The molecule has 0 aliphatic carbocycles. The molecule has 2 heterocycles. The van der Waals surface area contributed by atoms with Crippen LogP contribution in [0.15, 0.2) is 18.2 Å². The molecule has 4 rings (SSSR count). The van der Waals surface area contributed by atoms with Crippen LogP contribution in [0.2, 0.25) is 0 Å². The molecule has 27 heavy (non-hydrogen) atoms. The summed E-state index contributed by atoms with van der Waals surface area (Å²) in [5.74, 6) is 2.75. The number of ether oxygens (including phenoxy) is 4. The van der Waals surface area contributed by atoms with Crippen molar-refractivity contribution >= 4 is 0 Å². The zero-order valence-corrected chi connectivity index (χ0v) is 16.2. The number of methoxy groups -OCH3 is 4. The van der Waals surface area contributed by atoms with Gasteiger partial charge >= 0.3 is 0 Å². The van der Waals surface area contributed by atoms with Crippen molar-refractivity contribution in [1.29, 1.82) is 0 Å². The number of rotatable bonds is 4. The van der Waals surface area contributed by atoms with Gasteiger partial charge in [-0.1, -0.05) is 6.07 Å². The summed E-state index contributed by atoms with van der Waals surface area (Å²) in [5.41, 5.74) is 4.49. The lowest BCUT2D eigenvalue weighted by atomic mass is 9.83. The van der Waals surface area contributed by atoms with Gasteiger partial charge in [-0.25, -0.2) is 0 Å². The van der Waals surface area contributed by atoms with Gasteiger partial charge in [0.05, 0.1) is 28.4 Å². The predicted molar refractivity (Wildman–Crippen MR) is 101 cm³/mol. The van der Waals surface area contributed by atoms with Crippen LogP contribution in [-0.2, 0) is 19.4 Å². The Morgan fingerprint density at radius 1 is 0.926 bits per heavy atom. The molecule has 0 saturated heterocycles. The highest BCUT2D eigenvalue weighted by molar-refractivity contribution is 5.61. The van der Waals surface area contributed by atoms with Gasteiger partial charge in [0.1, 0.15) is 0 Å². The van der Waals surface area contributed by atoms with Crippen molar-refractivity contribution in [2.75, 3.05) is 35.0 Å². The monoisotopic (exact) mass is 371 g/mol. The number of benzene rings is 2. The van der Waals surface area contributed by atoms with Crippen LogP contribution >= 0.6 is 0 Å². The first kappa shape index (κ1) is 17.8. The number of phenols is 1. The molecule has 0 aromatic heterocycles. The normalized spacial score (nSPS) is 18.1. The number of hydrogen-bond donors (Lipinski definition) is 1. The van der Waals surface area contributed by atoms with Crippen molar-refractivity contribution in [2.45, 2.75) is 25.4 Å². The fourth-order valence-corrected chi connectivity index (χ4v) is 4.44. The summed E-state index contributed by atoms with van der Waals surface area (Å²) in [4.78, 5) is 2.43. The summed E-state index contributed by atoms with van der Waals surface area (Å²) < 4.78 is 21.9. The molecule has 144 valence electrons. The van der Waals surface area contributed by atoms with Gasteiger partial charge < -0.3 is 24.1 Å². The van der Waals surface area contributed by atoms with E-state index >= 15 is 0 Å². The van der Waals surface area contributed by atoms with E-state index in [1.807, 2.05) is 12.1 Å². The fraction of sp³-hybridized carbons (Fsp3) is 0.429. The maximum Gasteiger partial charge on any atom is 0.203 e. The Balaban J connectivity index is 1.80. The van der Waals surface area contributed by atoms with Gasteiger partial charge in [0, 0.05) is 30.3 Å². The summed E-state index contributed by atoms with van der Waals surface area (Å²) in [7, 11) is 6.49. The molecule has 2 aliphatic heterocycles. The minimum absolute atomic E-state index is 0.185. The molecule has 1 N–H and O–H groups in total. The maximum absolute atomic E-state index is 10.7. The number of nitrogens with zero attached hydrogens (tertiary/aromatic N) is 1. The molecule has 0 saturated carbocycles. The number of fused-ring (bicyclic) bond motifs is 4. The van der Waals surface area contributed by atoms with Crippen LogP contribution < -0.4 is 18.9 Å². The van der Waals surface area contributed by atoms with Crippen molar-refractivity contribution in [3.05, 3.63) is 40.5 Å². The van der Waals surface area contributed by atoms with E-state index in [0.717, 1.165) is 48.6 Å². The van der Waals surface area contributed by atoms with E-state index in [1.54, 1.807) is 28.4 Å². The molecule has 6 nitrogen and oxygen atoms in total. The standard InChI is InChI=1S/C21H25NO5/c1-24-17-6-5-12-9-16-14-10-18(25-2)21(27-4)19(23)13(14)7-8-22(16)11-15(12)20(17)26-3/h5-6,10,16,23H,7-9,11H2,1-4H3. The third-order valence-electron chi connectivity index (χ3n) is 5.75. The van der Waals surface area contributed by atoms with Crippen LogP contribution in [0.1, 0.15) is 28.3 Å². The summed E-state index contributed by atoms with van der Waals surface area (Å²) in [6, 6.07) is 6.27. The Hall–Kier alpha value is -2.60. The Kier molecular flexibility index (Phi) is 4.52. The third kappa shape index (κ3) is 2.67. The van der Waals surface area contributed by atoms with Gasteiger partial charge in [0.25, 0.3) is 0 Å². The lowest BCUT2D eigenvalue weighted by molar-refractivity contribution is 0.155. The Labute approximate surface area is 159 Å². The van der Waals surface area contributed by atoms with Crippen molar-refractivity contribution in [3.63, 3.8) is 0 Å². The van der Waals surface area contributed by atoms with Crippen molar-refractivity contribution in [3.8, 4) is 28.7 Å². The summed E-state index contributed by atoms with van der Waals surface area (Å²) in [6.07, 6.45) is 1.61. The zero-order valence-electron chi connectivity index (χ0n) is 16.2. The third-order valence-corrected chi connectivity index (χ3v) is 5.75. The number of hydrogen-bond acceptors (Lipinski definition) is 6. The van der Waals surface area contributed by atoms with Gasteiger partial charge in [-0.3, -0.25) is 4.90 Å². The van der Waals surface area contributed by atoms with Crippen molar-refractivity contribution in [2.24, 2.45) is 0 Å². The SMILES string of the molecule is COc1cc2c(c(O)c1OC)CCN1Cc3c(ccc(OC)c3OC)CC21. The second kappa shape index (κ2) is 6.85. The van der Waals surface area contributed by atoms with Crippen LogP contribution in [0, 0.1) is 0 Å². The quantitative estimate of drug-likeness (QED) is 0.891. The van der Waals surface area contributed by atoms with E-state index in [-0.39, 0.29) is 11.8 Å². The minimum atomic E-state index is 0.185. The van der Waals surface area contributed by atoms with Gasteiger partial charge in [0.15, 0.2) is 23.0 Å². The van der Waals surface area contributed by atoms with E-state index in [9.17, 15) is 5.11 Å². The summed E-state index contributed by atoms with van der Waals surface area (Å²) in [5, 5.41) is 10.7. The van der Waals surface area contributed by atoms with Crippen molar-refractivity contribution < 1.29 is 24.1 Å². The molecule has 0 amide bonds. The fourth-order valence-electron chi connectivity index (χ4n) is 4.44. The van der Waals surface area contributed by atoms with Crippen LogP contribution in [0.25, 0.3) is 0 Å². The molecule has 0 fully saturated rings. The van der Waals surface area contributed by atoms with Gasteiger partial charge in [-0.15, -0.1) is 0 Å². The minimum Gasteiger partial charge on any atom is -0.504 e. The van der Waals surface area contributed by atoms with E-state index in [2.05, 4.69) is 11.0 Å². The molecule has 0 bridgehead atoms. The first-order valence-corrected chi connectivity index (χ1v) is 9.06. The Bertz CT molecular complexity index is 880. The average Bonchev–Trinajstić information content (AvgIpc) is 2.70. The highest BCUT2D eigenvalue weighted by atomic mass is 16.5. The van der Waals surface area contributed by atoms with E-state index in [0.29, 0.717) is 11.5 Å². The topological polar surface area (TPSA) is 60.4 Å². The lowest BCUT2D eigenvalue weighted by Crippen LogP contribution is -2.39. The Morgan fingerprint density at radius 2 is 1.67 bits per heavy atom. The smallest absolute Gasteiger partial charge is 0.203 e. The van der Waals surface area contributed by atoms with Gasteiger partial charge in [0.2, 0.25) is 5.75 Å². The van der Waals surface area contributed by atoms with Crippen LogP contribution in [0.3, 0.4) is 0 Å². The number of phenolic OH excluding ortho intramolecular Hbond substituents is 1. The molecule has 0 radical (unpaired) electrons. The molecule has 1 unspecified atom stereocenters. The molecule has 1 atom stereocenters. The highest BCUT2D eigenvalue weighted by Gasteiger charge is 2.36. The lowest BCUT2D eigenvalue weighted by Gasteiger charge is -2.42. The summed E-state index contributed by atoms with van der Waals surface area (Å²) in [6.45, 7) is 1.65. The van der Waals surface area contributed by atoms with E-state index < -0.39 is 0 Å². The molecule has 2 aliphatic rings. The first-order valence-electron chi connectivity index (χ1n) is 9.06. The maximum atomic E-state index is 10.7. The van der Waals surface area contributed by atoms with Crippen LogP contribution in [-0.4, -0.2) is 45.0 Å². The molecule has 6 heteroatoms. The molecular weight excluding hydrogens is 346 g/mol. The second-order valence-electron chi connectivity index (χ2n) is 6.91. The molecule has 2 aromatic rings. The number of aromatic hydroxyl groups is 1. The van der Waals surface area contributed by atoms with Gasteiger partial charge in [-0.2, -0.15) is 0 Å². The largest absolute Gasteiger partial charge is 0.504 e. The van der Waals surface area contributed by atoms with Crippen molar-refractivity contribution in [1.82, 2.24) is 4.90 Å². The first-order chi connectivity index (χ1) is 13.1. The predicted octanol–water partition coefficient (Wildman–Crippen LogP) is 3.08. The van der Waals surface area contributed by atoms with E-state index in [4.69, 9.17) is 18.9 Å². The van der Waals surface area contributed by atoms with Crippen LogP contribution in [0.5, 0.6) is 28.7 Å². The zero-order chi connectivity index (χ0) is 19.1. The second-order valence-corrected chi connectivity index (χ2v) is 6.91. The molecule has 0 spiro atoms. The van der Waals surface area contributed by atoms with Crippen LogP contribution in [0.4, 0.5) is 0 Å². The highest BCUT2D eigenvalue weighted by Crippen LogP contribution is 2.49. The Morgan fingerprint density at radius 3 is 2.33 bits per heavy atom. The van der Waals surface area contributed by atoms with Gasteiger partial charge in [-0.05, 0) is 36.1 Å². The summed E-state index contributed by atoms with van der Waals surface area (Å²) >= 11 is 0. The molecular formula is C21H25NO5. The average molecular weight is 371 g/mol. The van der Waals surface area contributed by atoms with E-state index in [1.165, 1.54) is 11.1 Å². The molecule has 2 aromatic carbocycles.